The minimum absolute atomic E-state index is 0.0115. The third-order valence-electron chi connectivity index (χ3n) is 10.8. The van der Waals surface area contributed by atoms with E-state index >= 15 is 0 Å². The third kappa shape index (κ3) is 23.3. The maximum Gasteiger partial charge on any atom is 0.326 e. The van der Waals surface area contributed by atoms with Crippen molar-refractivity contribution in [2.24, 2.45) is 17.4 Å². The van der Waals surface area contributed by atoms with Gasteiger partial charge in [0.2, 0.25) is 53.2 Å². The fraction of sp³-hybridized carbons (Fsp3) is 0.622. The molecule has 0 saturated heterocycles. The van der Waals surface area contributed by atoms with Gasteiger partial charge in [0.25, 0.3) is 0 Å². The first kappa shape index (κ1) is 64.6. The summed E-state index contributed by atoms with van der Waals surface area (Å²) in [5, 5.41) is 69.9. The maximum absolute atomic E-state index is 13.9. The molecule has 0 heterocycles. The average Bonchev–Trinajstić information content (AvgIpc) is 3.31. The number of amides is 9. The van der Waals surface area contributed by atoms with Gasteiger partial charge in [-0.2, -0.15) is 12.6 Å². The Kier molecular flexibility index (Phi) is 28.8. The highest BCUT2D eigenvalue weighted by Gasteiger charge is 2.36. The van der Waals surface area contributed by atoms with Gasteiger partial charge in [-0.3, -0.25) is 47.9 Å². The van der Waals surface area contributed by atoms with E-state index in [9.17, 15) is 78.3 Å². The first-order valence-electron chi connectivity index (χ1n) is 23.4. The van der Waals surface area contributed by atoms with Crippen molar-refractivity contribution in [3.63, 3.8) is 0 Å². The number of carbonyl (C=O) groups is 11. The van der Waals surface area contributed by atoms with E-state index in [1.807, 2.05) is 0 Å². The van der Waals surface area contributed by atoms with Gasteiger partial charge in [0.15, 0.2) is 0 Å². The number of thiol groups is 1. The van der Waals surface area contributed by atoms with E-state index in [0.717, 1.165) is 0 Å². The summed E-state index contributed by atoms with van der Waals surface area (Å²) in [7, 11) is 0. The van der Waals surface area contributed by atoms with Gasteiger partial charge in [-0.05, 0) is 71.4 Å². The number of carboxylic acids is 2. The largest absolute Gasteiger partial charge is 0.481 e. The van der Waals surface area contributed by atoms with Gasteiger partial charge in [0.05, 0.1) is 25.2 Å². The average molecular weight is 1060 g/mol. The molecule has 0 aliphatic carbocycles. The van der Waals surface area contributed by atoms with Gasteiger partial charge in [-0.1, -0.05) is 44.2 Å². The minimum Gasteiger partial charge on any atom is -0.481 e. The van der Waals surface area contributed by atoms with Gasteiger partial charge in [-0.25, -0.2) is 4.79 Å². The number of carbonyl (C=O) groups excluding carboxylic acids is 9. The molecular weight excluding hydrogens is 983 g/mol. The van der Waals surface area contributed by atoms with Gasteiger partial charge < -0.3 is 84.9 Å². The van der Waals surface area contributed by atoms with E-state index in [1.54, 1.807) is 44.2 Å². The first-order valence-corrected chi connectivity index (χ1v) is 24.1. The fourth-order valence-corrected chi connectivity index (χ4v) is 6.85. The lowest BCUT2D eigenvalue weighted by Crippen LogP contribution is -2.62. The zero-order valence-electron chi connectivity index (χ0n) is 41.6. The van der Waals surface area contributed by atoms with Crippen LogP contribution in [0, 0.1) is 5.92 Å². The molecule has 0 spiro atoms. The summed E-state index contributed by atoms with van der Waals surface area (Å²) in [5.41, 5.74) is 11.7. The summed E-state index contributed by atoms with van der Waals surface area (Å²) in [6, 6.07) is -6.85. The predicted molar refractivity (Wildman–Crippen MR) is 263 cm³/mol. The summed E-state index contributed by atoms with van der Waals surface area (Å²) in [4.78, 5) is 143. The van der Waals surface area contributed by atoms with Crippen molar-refractivity contribution in [3.05, 3.63) is 35.9 Å². The molecule has 1 aromatic rings. The number of nitrogens with one attached hydrogen (secondary N) is 9. The second-order valence-electron chi connectivity index (χ2n) is 17.7. The van der Waals surface area contributed by atoms with Crippen molar-refractivity contribution in [1.29, 1.82) is 0 Å². The number of benzene rings is 1. The molecule has 0 bridgehead atoms. The zero-order chi connectivity index (χ0) is 55.7. The normalized spacial score (nSPS) is 16.1. The van der Waals surface area contributed by atoms with Crippen LogP contribution >= 0.6 is 12.6 Å². The molecule has 28 heteroatoms. The summed E-state index contributed by atoms with van der Waals surface area (Å²) in [6.07, 6.45) is -3.05. The lowest BCUT2D eigenvalue weighted by Gasteiger charge is -2.28. The molecule has 1 rings (SSSR count). The summed E-state index contributed by atoms with van der Waals surface area (Å²) in [5.74, 6) is -12.6. The van der Waals surface area contributed by atoms with E-state index in [-0.39, 0.29) is 30.9 Å². The van der Waals surface area contributed by atoms with Crippen LogP contribution in [0.3, 0.4) is 0 Å². The smallest absolute Gasteiger partial charge is 0.326 e. The SMILES string of the molecule is CC(C)C[C@H](NC(=O)[C@@H](NC(=O)[C@@H](N)[C@@H](C)O)[C@@H](C)O)C(=O)N[C@@H](Cc1ccccc1)C(=O)N[C@@H](CS)C(=O)N[C@@H](C)C(=O)N[C@@H](CO)C(=O)N[C@@H](CC(=O)O)C(=O)N[C@@H](C)C(=O)N[C@@H](CCCCN)C(=O)O. The molecule has 73 heavy (non-hydrogen) atoms. The molecule has 0 aromatic heterocycles. The Balaban J connectivity index is 3.19. The van der Waals surface area contributed by atoms with Crippen LogP contribution in [0.1, 0.15) is 79.2 Å². The van der Waals surface area contributed by atoms with E-state index in [1.165, 1.54) is 27.7 Å². The lowest BCUT2D eigenvalue weighted by atomic mass is 10.00. The van der Waals surface area contributed by atoms with Crippen molar-refractivity contribution >= 4 is 77.7 Å². The summed E-state index contributed by atoms with van der Waals surface area (Å²) in [6.45, 7) is 7.49. The molecule has 0 fully saturated rings. The van der Waals surface area contributed by atoms with Crippen LogP contribution in [0.5, 0.6) is 0 Å². The molecule has 1 aromatic carbocycles. The van der Waals surface area contributed by atoms with Crippen LogP contribution in [-0.4, -0.2) is 182 Å². The second-order valence-corrected chi connectivity index (χ2v) is 18.1. The van der Waals surface area contributed by atoms with Crippen molar-refractivity contribution < 1.29 is 78.3 Å². The molecule has 0 aliphatic heterocycles. The molecule has 27 nitrogen and oxygen atoms in total. The molecule has 12 atom stereocenters. The Morgan fingerprint density at radius 1 is 0.548 bits per heavy atom. The zero-order valence-corrected chi connectivity index (χ0v) is 42.5. The number of hydrogen-bond donors (Lipinski definition) is 17. The summed E-state index contributed by atoms with van der Waals surface area (Å²) >= 11 is 4.18. The van der Waals surface area contributed by atoms with Crippen LogP contribution in [0.15, 0.2) is 30.3 Å². The van der Waals surface area contributed by atoms with Crippen LogP contribution < -0.4 is 59.3 Å². The maximum atomic E-state index is 13.9. The van der Waals surface area contributed by atoms with Gasteiger partial charge in [-0.15, -0.1) is 0 Å². The molecule has 0 saturated carbocycles. The van der Waals surface area contributed by atoms with Crippen molar-refractivity contribution in [2.45, 2.75) is 153 Å². The van der Waals surface area contributed by atoms with Crippen molar-refractivity contribution in [3.8, 4) is 0 Å². The molecule has 0 unspecified atom stereocenters. The molecule has 410 valence electrons. The van der Waals surface area contributed by atoms with Crippen LogP contribution in [0.4, 0.5) is 0 Å². The van der Waals surface area contributed by atoms with Crippen molar-refractivity contribution in [2.75, 3.05) is 18.9 Å². The number of nitrogens with two attached hydrogens (primary N) is 2. The number of carboxylic acid groups (broad SMARTS) is 2. The molecular formula is C45H73N11O16S. The molecule has 9 amide bonds. The Morgan fingerprint density at radius 3 is 1.49 bits per heavy atom. The first-order chi connectivity index (χ1) is 34.2. The number of hydrogen-bond acceptors (Lipinski definition) is 17. The highest BCUT2D eigenvalue weighted by molar-refractivity contribution is 7.80. The van der Waals surface area contributed by atoms with Gasteiger partial charge in [0.1, 0.15) is 60.4 Å². The molecule has 0 radical (unpaired) electrons. The highest BCUT2D eigenvalue weighted by Crippen LogP contribution is 2.10. The Morgan fingerprint density at radius 2 is 1.01 bits per heavy atom. The monoisotopic (exact) mass is 1060 g/mol. The van der Waals surface area contributed by atoms with E-state index < -0.39 is 151 Å². The number of aliphatic hydroxyl groups is 3. The number of aliphatic carboxylic acids is 2. The highest BCUT2D eigenvalue weighted by atomic mass is 32.1. The van der Waals surface area contributed by atoms with Gasteiger partial charge >= 0.3 is 11.9 Å². The van der Waals surface area contributed by atoms with E-state index in [4.69, 9.17) is 11.5 Å². The number of rotatable bonds is 33. The van der Waals surface area contributed by atoms with Crippen molar-refractivity contribution in [1.82, 2.24) is 47.9 Å². The Labute approximate surface area is 427 Å². The fourth-order valence-electron chi connectivity index (χ4n) is 6.59. The standard InChI is InChI=1S/C45H73N11O16S/c1-21(2)16-28(53-44(70)35(25(6)59)56-43(69)34(47)24(5)58)39(65)51-29(17-26-12-8-7-9-13-26)40(66)55-32(20-73)42(68)49-23(4)37(63)54-31(19-57)41(67)52-30(18-33(60)61)38(64)48-22(3)36(62)50-27(45(71)72)14-10-11-15-46/h7-9,12-13,21-25,27-32,34-35,57-59,73H,10-11,14-20,46-47H2,1-6H3,(H,48,64)(H,49,68)(H,50,62)(H,51,65)(H,52,67)(H,53,70)(H,54,63)(H,55,66)(H,56,69)(H,60,61)(H,71,72)/t22-,23-,24+,25+,27-,28-,29-,30-,31-,32-,34-,35-/m0/s1. The van der Waals surface area contributed by atoms with Gasteiger partial charge in [0, 0.05) is 12.2 Å². The van der Waals surface area contributed by atoms with Crippen LogP contribution in [0.2, 0.25) is 0 Å². The van der Waals surface area contributed by atoms with E-state index in [0.29, 0.717) is 24.9 Å². The molecule has 18 N–H and O–H groups in total. The topological polar surface area (TPSA) is 449 Å². The Bertz CT molecular complexity index is 2050. The van der Waals surface area contributed by atoms with Crippen LogP contribution in [-0.2, 0) is 59.2 Å². The third-order valence-corrected chi connectivity index (χ3v) is 11.2. The second kappa shape index (κ2) is 32.6. The lowest BCUT2D eigenvalue weighted by molar-refractivity contribution is -0.143. The Hall–Kier alpha value is -6.46. The van der Waals surface area contributed by atoms with E-state index in [2.05, 4.69) is 60.5 Å². The summed E-state index contributed by atoms with van der Waals surface area (Å²) < 4.78 is 0. The minimum atomic E-state index is -1.87. The van der Waals surface area contributed by atoms with Crippen LogP contribution in [0.25, 0.3) is 0 Å². The number of aliphatic hydroxyl groups excluding tert-OH is 3. The quantitative estimate of drug-likeness (QED) is 0.0230. The predicted octanol–water partition coefficient (Wildman–Crippen LogP) is -5.62. The number of unbranched alkanes of at least 4 members (excludes halogenated alkanes) is 1. The molecule has 0 aliphatic rings.